The van der Waals surface area contributed by atoms with Crippen LogP contribution >= 0.6 is 0 Å². The number of hydrogen-bond acceptors (Lipinski definition) is 4. The molecule has 0 saturated heterocycles. The van der Waals surface area contributed by atoms with Gasteiger partial charge in [-0.3, -0.25) is 4.79 Å². The van der Waals surface area contributed by atoms with Crippen molar-refractivity contribution in [3.8, 4) is 11.5 Å². The minimum absolute atomic E-state index is 0.0158. The van der Waals surface area contributed by atoms with Gasteiger partial charge in [0.05, 0.1) is 11.3 Å². The molecule has 0 radical (unpaired) electrons. The molecule has 1 heterocycles. The van der Waals surface area contributed by atoms with Crippen molar-refractivity contribution in [3.05, 3.63) is 52.8 Å². The van der Waals surface area contributed by atoms with Gasteiger partial charge in [0.15, 0.2) is 11.5 Å². The second kappa shape index (κ2) is 8.12. The average Bonchev–Trinajstić information content (AvgIpc) is 3.09. The number of fused-ring (bicyclic) bond motifs is 1. The Morgan fingerprint density at radius 3 is 2.28 bits per heavy atom. The van der Waals surface area contributed by atoms with Gasteiger partial charge in [0.2, 0.25) is 6.79 Å². The Kier molecular flexibility index (Phi) is 5.95. The lowest BCUT2D eigenvalue weighted by Crippen LogP contribution is -2.17. The summed E-state index contributed by atoms with van der Waals surface area (Å²) in [6.45, 7) is 7.80. The quantitative estimate of drug-likeness (QED) is 0.782. The summed E-state index contributed by atoms with van der Waals surface area (Å²) in [5.74, 6) is -0.000867. The highest BCUT2D eigenvalue weighted by Crippen LogP contribution is 2.34. The fourth-order valence-electron chi connectivity index (χ4n) is 3.36. The van der Waals surface area contributed by atoms with Gasteiger partial charge in [-0.25, -0.2) is 13.7 Å². The molecule has 1 aliphatic rings. The molecular weight excluding hydrogens is 395 g/mol. The van der Waals surface area contributed by atoms with Gasteiger partial charge in [-0.05, 0) is 52.8 Å². The van der Waals surface area contributed by atoms with Gasteiger partial charge in [0, 0.05) is 6.07 Å². The topological polar surface area (TPSA) is 91.0 Å². The molecule has 1 aliphatic heterocycles. The molecule has 0 saturated carbocycles. The summed E-state index contributed by atoms with van der Waals surface area (Å²) in [5.41, 5.74) is 2.19. The van der Waals surface area contributed by atoms with Crippen LogP contribution in [0.25, 0.3) is 0 Å². The van der Waals surface area contributed by atoms with E-state index in [4.69, 9.17) is 14.6 Å². The molecular formula is C21H25FN2O4S. The van der Waals surface area contributed by atoms with Crippen LogP contribution in [0.2, 0.25) is 0 Å². The molecule has 2 aromatic carbocycles. The van der Waals surface area contributed by atoms with Crippen molar-refractivity contribution in [2.24, 2.45) is 9.50 Å². The zero-order chi connectivity index (χ0) is 21.3. The summed E-state index contributed by atoms with van der Waals surface area (Å²) in [6, 6.07) is 7.44. The van der Waals surface area contributed by atoms with Crippen molar-refractivity contribution in [2.45, 2.75) is 50.8 Å². The number of nitrogens with zero attached hydrogens (tertiary/aromatic N) is 1. The molecule has 1 unspecified atom stereocenters. The standard InChI is InChI=1S/C21H25FN2O4S/c1-12(2)16-7-14(22)8-17(13(3)4)18(16)10-21(25)24-29(23,26)15-5-6-19-20(9-15)28-11-27-19/h5-9,12-13H,10-11H2,1-4H3,(H2,23,24,25,26). The molecule has 2 aromatic rings. The van der Waals surface area contributed by atoms with Crippen molar-refractivity contribution in [3.63, 3.8) is 0 Å². The van der Waals surface area contributed by atoms with E-state index in [0.717, 1.165) is 11.1 Å². The first-order chi connectivity index (χ1) is 13.6. The molecule has 0 spiro atoms. The maximum absolute atomic E-state index is 14.1. The summed E-state index contributed by atoms with van der Waals surface area (Å²) in [5, 5.41) is 5.89. The van der Waals surface area contributed by atoms with Crippen molar-refractivity contribution >= 4 is 15.8 Å². The Morgan fingerprint density at radius 2 is 1.69 bits per heavy atom. The Labute approximate surface area is 170 Å². The van der Waals surface area contributed by atoms with Crippen molar-refractivity contribution in [1.29, 1.82) is 0 Å². The molecule has 1 amide bonds. The molecule has 3 rings (SSSR count). The van der Waals surface area contributed by atoms with E-state index in [1.165, 1.54) is 24.3 Å². The normalized spacial score (nSPS) is 14.9. The molecule has 0 bridgehead atoms. The number of halogens is 1. The highest BCUT2D eigenvalue weighted by atomic mass is 32.2. The number of ether oxygens (including phenoxy) is 2. The first kappa shape index (κ1) is 21.3. The maximum Gasteiger partial charge on any atom is 0.259 e. The predicted octanol–water partition coefficient (Wildman–Crippen LogP) is 4.27. The highest BCUT2D eigenvalue weighted by molar-refractivity contribution is 7.91. The summed E-state index contributed by atoms with van der Waals surface area (Å²) in [6.07, 6.45) is -0.0972. The molecule has 1 atom stereocenters. The van der Waals surface area contributed by atoms with Crippen molar-refractivity contribution in [1.82, 2.24) is 0 Å². The fraction of sp³-hybridized carbons (Fsp3) is 0.381. The van der Waals surface area contributed by atoms with Crippen molar-refractivity contribution < 1.29 is 22.9 Å². The van der Waals surface area contributed by atoms with Crippen LogP contribution in [0.3, 0.4) is 0 Å². The molecule has 8 heteroatoms. The Morgan fingerprint density at radius 1 is 1.10 bits per heavy atom. The average molecular weight is 421 g/mol. The van der Waals surface area contributed by atoms with Gasteiger partial charge in [-0.2, -0.15) is 0 Å². The van der Waals surface area contributed by atoms with E-state index in [1.807, 2.05) is 27.7 Å². The summed E-state index contributed by atoms with van der Waals surface area (Å²) >= 11 is 0. The molecule has 156 valence electrons. The monoisotopic (exact) mass is 420 g/mol. The second-order valence-electron chi connectivity index (χ2n) is 7.62. The van der Waals surface area contributed by atoms with Gasteiger partial charge < -0.3 is 9.47 Å². The van der Waals surface area contributed by atoms with E-state index >= 15 is 0 Å². The van der Waals surface area contributed by atoms with Crippen LogP contribution in [0, 0.1) is 5.82 Å². The van der Waals surface area contributed by atoms with Crippen LogP contribution in [-0.4, -0.2) is 16.9 Å². The Balaban J connectivity index is 1.97. The van der Waals surface area contributed by atoms with E-state index in [2.05, 4.69) is 4.36 Å². The SMILES string of the molecule is CC(C)c1cc(F)cc(C(C)C)c1CC(=O)N=S(N)(=O)c1ccc2c(c1)OCO2. The number of benzene rings is 2. The Bertz CT molecular complexity index is 1040. The van der Waals surface area contributed by atoms with Crippen LogP contribution in [0.15, 0.2) is 39.6 Å². The first-order valence-electron chi connectivity index (χ1n) is 9.38. The number of hydrogen-bond donors (Lipinski definition) is 1. The third-order valence-corrected chi connectivity index (χ3v) is 6.18. The molecule has 0 aromatic heterocycles. The minimum atomic E-state index is -3.46. The second-order valence-corrected chi connectivity index (χ2v) is 9.41. The van der Waals surface area contributed by atoms with Crippen molar-refractivity contribution in [2.75, 3.05) is 6.79 Å². The minimum Gasteiger partial charge on any atom is -0.454 e. The predicted molar refractivity (Wildman–Crippen MR) is 109 cm³/mol. The van der Waals surface area contributed by atoms with Gasteiger partial charge in [-0.1, -0.05) is 27.7 Å². The third-order valence-electron chi connectivity index (χ3n) is 4.77. The molecule has 6 nitrogen and oxygen atoms in total. The zero-order valence-electron chi connectivity index (χ0n) is 16.9. The number of carbonyl (C=O) groups is 1. The molecule has 0 fully saturated rings. The number of amides is 1. The van der Waals surface area contributed by atoms with E-state index in [-0.39, 0.29) is 35.8 Å². The van der Waals surface area contributed by atoms with Gasteiger partial charge >= 0.3 is 0 Å². The Hall–Kier alpha value is -2.45. The molecule has 0 aliphatic carbocycles. The van der Waals surface area contributed by atoms with Gasteiger partial charge in [0.1, 0.15) is 15.7 Å². The zero-order valence-corrected chi connectivity index (χ0v) is 17.7. The van der Waals surface area contributed by atoms with Gasteiger partial charge in [-0.15, -0.1) is 4.36 Å². The summed E-state index contributed by atoms with van der Waals surface area (Å²) < 4.78 is 41.3. The van der Waals surface area contributed by atoms with E-state index in [0.29, 0.717) is 17.1 Å². The maximum atomic E-state index is 14.1. The molecule has 2 N–H and O–H groups in total. The fourth-order valence-corrected chi connectivity index (χ4v) is 4.37. The third kappa shape index (κ3) is 4.59. The molecule has 29 heavy (non-hydrogen) atoms. The number of carbonyl (C=O) groups excluding carboxylic acids is 1. The van der Waals surface area contributed by atoms with E-state index in [1.54, 1.807) is 6.07 Å². The lowest BCUT2D eigenvalue weighted by atomic mass is 9.87. The highest BCUT2D eigenvalue weighted by Gasteiger charge is 2.21. The van der Waals surface area contributed by atoms with E-state index < -0.39 is 15.8 Å². The number of rotatable bonds is 5. The number of nitrogens with two attached hydrogens (primary N) is 1. The van der Waals surface area contributed by atoms with E-state index in [9.17, 15) is 13.4 Å². The van der Waals surface area contributed by atoms with Gasteiger partial charge in [0.25, 0.3) is 5.91 Å². The van der Waals surface area contributed by atoms with Crippen LogP contribution < -0.4 is 14.6 Å². The smallest absolute Gasteiger partial charge is 0.259 e. The van der Waals surface area contributed by atoms with Crippen LogP contribution in [0.4, 0.5) is 4.39 Å². The van der Waals surface area contributed by atoms with Crippen LogP contribution in [0.1, 0.15) is 56.2 Å². The first-order valence-corrected chi connectivity index (χ1v) is 11.0. The summed E-state index contributed by atoms with van der Waals surface area (Å²) in [4.78, 5) is 12.9. The van der Waals surface area contributed by atoms with Crippen LogP contribution in [0.5, 0.6) is 11.5 Å². The largest absolute Gasteiger partial charge is 0.454 e. The lowest BCUT2D eigenvalue weighted by Gasteiger charge is -2.19. The van der Waals surface area contributed by atoms with Crippen LogP contribution in [-0.2, 0) is 21.1 Å². The lowest BCUT2D eigenvalue weighted by molar-refractivity contribution is -0.117. The summed E-state index contributed by atoms with van der Waals surface area (Å²) in [7, 11) is -3.46.